The van der Waals surface area contributed by atoms with E-state index >= 15 is 0 Å². The van der Waals surface area contributed by atoms with Gasteiger partial charge in [0.05, 0.1) is 12.6 Å². The third-order valence-electron chi connectivity index (χ3n) is 4.26. The zero-order valence-electron chi connectivity index (χ0n) is 15.8. The number of nitrogen functional groups attached to an aromatic ring is 1. The summed E-state index contributed by atoms with van der Waals surface area (Å²) >= 11 is 6.51. The molecule has 1 aliphatic rings. The fourth-order valence-corrected chi connectivity index (χ4v) is 3.72. The first-order valence-electron chi connectivity index (χ1n) is 8.78. The van der Waals surface area contributed by atoms with E-state index in [1.54, 1.807) is 12.1 Å². The van der Waals surface area contributed by atoms with Crippen molar-refractivity contribution in [2.75, 3.05) is 42.6 Å². The Kier molecular flexibility index (Phi) is 6.26. The molecule has 152 valence electrons. The quantitative estimate of drug-likeness (QED) is 0.776. The van der Waals surface area contributed by atoms with E-state index in [0.717, 1.165) is 30.5 Å². The highest BCUT2D eigenvalue weighted by molar-refractivity contribution is 7.90. The van der Waals surface area contributed by atoms with Crippen LogP contribution in [0.3, 0.4) is 0 Å². The van der Waals surface area contributed by atoms with E-state index in [4.69, 9.17) is 26.8 Å². The number of nitrogens with zero attached hydrogens (tertiary/aromatic N) is 3. The van der Waals surface area contributed by atoms with Gasteiger partial charge in [-0.2, -0.15) is 4.98 Å². The largest absolute Gasteiger partial charge is 0.478 e. The van der Waals surface area contributed by atoms with Crippen LogP contribution in [0.1, 0.15) is 23.7 Å². The van der Waals surface area contributed by atoms with Crippen molar-refractivity contribution in [3.8, 4) is 5.75 Å². The zero-order valence-corrected chi connectivity index (χ0v) is 17.3. The lowest BCUT2D eigenvalue weighted by atomic mass is 10.1. The maximum Gasteiger partial charge on any atom is 0.222 e. The summed E-state index contributed by atoms with van der Waals surface area (Å²) in [5.74, 6) is 0.923. The van der Waals surface area contributed by atoms with Crippen LogP contribution in [0, 0.1) is 6.92 Å². The molecule has 1 aliphatic heterocycles. The highest BCUT2D eigenvalue weighted by Crippen LogP contribution is 2.34. The predicted octanol–water partition coefficient (Wildman–Crippen LogP) is 2.37. The summed E-state index contributed by atoms with van der Waals surface area (Å²) in [6.45, 7) is 3.67. The first kappa shape index (κ1) is 20.6. The van der Waals surface area contributed by atoms with Crippen molar-refractivity contribution in [1.29, 1.82) is 0 Å². The molecule has 0 saturated carbocycles. The van der Waals surface area contributed by atoms with E-state index in [0.29, 0.717) is 29.8 Å². The summed E-state index contributed by atoms with van der Waals surface area (Å²) in [7, 11) is -3.24. The van der Waals surface area contributed by atoms with Crippen LogP contribution in [0.15, 0.2) is 24.3 Å². The van der Waals surface area contributed by atoms with Crippen molar-refractivity contribution in [2.24, 2.45) is 0 Å². The Morgan fingerprint density at radius 3 is 2.82 bits per heavy atom. The Bertz CT molecular complexity index is 934. The molecule has 0 aliphatic carbocycles. The minimum atomic E-state index is -3.24. The lowest BCUT2D eigenvalue weighted by Crippen LogP contribution is -2.32. The summed E-state index contributed by atoms with van der Waals surface area (Å²) in [5.41, 5.74) is 7.45. The van der Waals surface area contributed by atoms with E-state index in [1.807, 2.05) is 19.1 Å². The van der Waals surface area contributed by atoms with E-state index < -0.39 is 15.8 Å². The molecule has 2 N–H and O–H groups in total. The Balaban J connectivity index is 1.92. The number of anilines is 2. The first-order valence-corrected chi connectivity index (χ1v) is 11.2. The molecule has 1 aromatic carbocycles. The Morgan fingerprint density at radius 1 is 1.36 bits per heavy atom. The van der Waals surface area contributed by atoms with Gasteiger partial charge in [-0.05, 0) is 31.0 Å². The minimum Gasteiger partial charge on any atom is -0.478 e. The maximum absolute atomic E-state index is 11.3. The van der Waals surface area contributed by atoms with Crippen LogP contribution in [-0.4, -0.2) is 50.3 Å². The van der Waals surface area contributed by atoms with Gasteiger partial charge < -0.3 is 20.1 Å². The molecule has 1 saturated heterocycles. The van der Waals surface area contributed by atoms with Gasteiger partial charge >= 0.3 is 0 Å². The number of hydrogen-bond acceptors (Lipinski definition) is 8. The van der Waals surface area contributed by atoms with Crippen molar-refractivity contribution >= 4 is 33.2 Å². The third kappa shape index (κ3) is 5.24. The Morgan fingerprint density at radius 2 is 2.14 bits per heavy atom. The van der Waals surface area contributed by atoms with Gasteiger partial charge in [0.1, 0.15) is 11.6 Å². The molecule has 1 atom stereocenters. The third-order valence-corrected chi connectivity index (χ3v) is 5.14. The van der Waals surface area contributed by atoms with Crippen molar-refractivity contribution in [1.82, 2.24) is 9.97 Å². The monoisotopic (exact) mass is 426 g/mol. The predicted molar refractivity (Wildman–Crippen MR) is 108 cm³/mol. The SMILES string of the molecule is Cc1cc(N2CCCOCC2c2ccc(OCS(C)(=O)=O)cc2Cl)nc(N)n1. The molecular formula is C18H23ClN4O4S. The summed E-state index contributed by atoms with van der Waals surface area (Å²) in [4.78, 5) is 10.6. The molecule has 1 aromatic heterocycles. The number of nitrogens with two attached hydrogens (primary N) is 1. The topological polar surface area (TPSA) is 108 Å². The molecule has 2 heterocycles. The average Bonchev–Trinajstić information content (AvgIpc) is 2.84. The second-order valence-corrected chi connectivity index (χ2v) is 9.23. The number of rotatable bonds is 5. The van der Waals surface area contributed by atoms with Crippen LogP contribution < -0.4 is 15.4 Å². The summed E-state index contributed by atoms with van der Waals surface area (Å²) in [5, 5.41) is 0.463. The van der Waals surface area contributed by atoms with Gasteiger partial charge in [0.2, 0.25) is 5.95 Å². The highest BCUT2D eigenvalue weighted by atomic mass is 35.5. The van der Waals surface area contributed by atoms with Gasteiger partial charge in [0.15, 0.2) is 15.8 Å². The van der Waals surface area contributed by atoms with Gasteiger partial charge in [-0.25, -0.2) is 13.4 Å². The molecule has 2 aromatic rings. The van der Waals surface area contributed by atoms with Crippen LogP contribution in [0.5, 0.6) is 5.75 Å². The van der Waals surface area contributed by atoms with E-state index in [2.05, 4.69) is 14.9 Å². The van der Waals surface area contributed by atoms with Crippen molar-refractivity contribution in [3.63, 3.8) is 0 Å². The molecule has 8 nitrogen and oxygen atoms in total. The highest BCUT2D eigenvalue weighted by Gasteiger charge is 2.27. The first-order chi connectivity index (χ1) is 13.2. The fourth-order valence-electron chi connectivity index (χ4n) is 3.07. The summed E-state index contributed by atoms with van der Waals surface area (Å²) in [6, 6.07) is 6.85. The lowest BCUT2D eigenvalue weighted by molar-refractivity contribution is 0.134. The van der Waals surface area contributed by atoms with Crippen LogP contribution in [0.2, 0.25) is 5.02 Å². The van der Waals surface area contributed by atoms with Gasteiger partial charge in [-0.15, -0.1) is 0 Å². The van der Waals surface area contributed by atoms with Crippen molar-refractivity contribution in [3.05, 3.63) is 40.5 Å². The van der Waals surface area contributed by atoms with E-state index in [-0.39, 0.29) is 12.0 Å². The lowest BCUT2D eigenvalue weighted by Gasteiger charge is -2.31. The molecule has 0 radical (unpaired) electrons. The number of sulfone groups is 1. The van der Waals surface area contributed by atoms with E-state index in [1.165, 1.54) is 0 Å². The van der Waals surface area contributed by atoms with Crippen molar-refractivity contribution < 1.29 is 17.9 Å². The molecular weight excluding hydrogens is 404 g/mol. The molecule has 10 heteroatoms. The average molecular weight is 427 g/mol. The number of aryl methyl sites for hydroxylation is 1. The molecule has 3 rings (SSSR count). The number of halogens is 1. The van der Waals surface area contributed by atoms with Crippen LogP contribution in [-0.2, 0) is 14.6 Å². The molecule has 1 fully saturated rings. The fraction of sp³-hybridized carbons (Fsp3) is 0.444. The number of ether oxygens (including phenoxy) is 2. The second kappa shape index (κ2) is 8.50. The van der Waals surface area contributed by atoms with Gasteiger partial charge in [-0.1, -0.05) is 17.7 Å². The van der Waals surface area contributed by atoms with Crippen LogP contribution in [0.4, 0.5) is 11.8 Å². The molecule has 0 amide bonds. The van der Waals surface area contributed by atoms with Crippen molar-refractivity contribution in [2.45, 2.75) is 19.4 Å². The maximum atomic E-state index is 11.3. The number of hydrogen-bond donors (Lipinski definition) is 1. The standard InChI is InChI=1S/C18H23ClN4O4S/c1-12-8-17(22-18(20)21-12)23-6-3-7-26-10-16(23)14-5-4-13(9-15(14)19)27-11-28(2,24)25/h4-5,8-9,16H,3,6-7,10-11H2,1-2H3,(H2,20,21,22). The molecule has 28 heavy (non-hydrogen) atoms. The van der Waals surface area contributed by atoms with Crippen LogP contribution >= 0.6 is 11.6 Å². The number of aromatic nitrogens is 2. The molecule has 1 unspecified atom stereocenters. The molecule has 0 spiro atoms. The van der Waals surface area contributed by atoms with Gasteiger partial charge in [0, 0.05) is 36.2 Å². The molecule has 0 bridgehead atoms. The second-order valence-electron chi connectivity index (χ2n) is 6.73. The number of benzene rings is 1. The summed E-state index contributed by atoms with van der Waals surface area (Å²) in [6.07, 6.45) is 1.95. The zero-order chi connectivity index (χ0) is 20.3. The minimum absolute atomic E-state index is 0.173. The summed E-state index contributed by atoms with van der Waals surface area (Å²) < 4.78 is 33.7. The Hall–Kier alpha value is -2.10. The van der Waals surface area contributed by atoms with Gasteiger partial charge in [0.25, 0.3) is 0 Å². The van der Waals surface area contributed by atoms with Crippen LogP contribution in [0.25, 0.3) is 0 Å². The van der Waals surface area contributed by atoms with E-state index in [9.17, 15) is 8.42 Å². The normalized spacial score (nSPS) is 18.0. The Labute approximate surface area is 169 Å². The van der Waals surface area contributed by atoms with Gasteiger partial charge in [-0.3, -0.25) is 0 Å². The smallest absolute Gasteiger partial charge is 0.222 e.